The molecule has 0 amide bonds. The minimum atomic E-state index is -1.12. The number of aliphatic hydroxyl groups is 1. The van der Waals surface area contributed by atoms with Crippen molar-refractivity contribution in [1.82, 2.24) is 0 Å². The van der Waals surface area contributed by atoms with Crippen molar-refractivity contribution in [1.29, 1.82) is 0 Å². The van der Waals surface area contributed by atoms with Crippen LogP contribution in [0.25, 0.3) is 0 Å². The van der Waals surface area contributed by atoms with Gasteiger partial charge in [-0.05, 0) is 36.8 Å². The van der Waals surface area contributed by atoms with Gasteiger partial charge in [0, 0.05) is 0 Å². The summed E-state index contributed by atoms with van der Waals surface area (Å²) in [5, 5.41) is 10.4. The lowest BCUT2D eigenvalue weighted by Crippen LogP contribution is -2.21. The van der Waals surface area contributed by atoms with Crippen LogP contribution in [0.5, 0.6) is 5.75 Å². The van der Waals surface area contributed by atoms with Crippen LogP contribution in [-0.4, -0.2) is 12.2 Å². The lowest BCUT2D eigenvalue weighted by molar-refractivity contribution is 0.0767. The molecule has 1 aromatic carbocycles. The number of furan rings is 1. The summed E-state index contributed by atoms with van der Waals surface area (Å²) in [5.74, 6) is 1.29. The molecular formula is C13H14O3. The van der Waals surface area contributed by atoms with Gasteiger partial charge in [-0.15, -0.1) is 0 Å². The minimum Gasteiger partial charge on any atom is -0.497 e. The van der Waals surface area contributed by atoms with Crippen molar-refractivity contribution in [2.45, 2.75) is 12.5 Å². The summed E-state index contributed by atoms with van der Waals surface area (Å²) in [7, 11) is 1.61. The maximum atomic E-state index is 10.4. The topological polar surface area (TPSA) is 42.6 Å². The fourth-order valence-electron chi connectivity index (χ4n) is 1.61. The second kappa shape index (κ2) is 4.02. The van der Waals surface area contributed by atoms with Crippen LogP contribution in [0.4, 0.5) is 0 Å². The monoisotopic (exact) mass is 218 g/mol. The molecule has 3 nitrogen and oxygen atoms in total. The molecule has 0 bridgehead atoms. The SMILES string of the molecule is COc1ccc(C(C)(O)c2ccco2)cc1. The highest BCUT2D eigenvalue weighted by Gasteiger charge is 2.28. The maximum Gasteiger partial charge on any atom is 0.144 e. The highest BCUT2D eigenvalue weighted by Crippen LogP contribution is 2.30. The molecule has 1 atom stereocenters. The third-order valence-corrected chi connectivity index (χ3v) is 2.65. The summed E-state index contributed by atoms with van der Waals surface area (Å²) in [6, 6.07) is 10.8. The number of hydrogen-bond donors (Lipinski definition) is 1. The Morgan fingerprint density at radius 1 is 1.19 bits per heavy atom. The van der Waals surface area contributed by atoms with Crippen LogP contribution in [0.3, 0.4) is 0 Å². The van der Waals surface area contributed by atoms with E-state index in [1.165, 1.54) is 0 Å². The average Bonchev–Trinajstić information content (AvgIpc) is 2.83. The summed E-state index contributed by atoms with van der Waals surface area (Å²) < 4.78 is 10.3. The molecule has 2 rings (SSSR count). The van der Waals surface area contributed by atoms with E-state index < -0.39 is 5.60 Å². The van der Waals surface area contributed by atoms with E-state index in [2.05, 4.69) is 0 Å². The Labute approximate surface area is 94.3 Å². The van der Waals surface area contributed by atoms with Crippen LogP contribution < -0.4 is 4.74 Å². The molecule has 0 aliphatic carbocycles. The van der Waals surface area contributed by atoms with Crippen molar-refractivity contribution in [2.24, 2.45) is 0 Å². The van der Waals surface area contributed by atoms with Gasteiger partial charge in [0.05, 0.1) is 13.4 Å². The molecule has 1 heterocycles. The predicted molar refractivity (Wildman–Crippen MR) is 60.4 cm³/mol. The van der Waals surface area contributed by atoms with Gasteiger partial charge in [-0.2, -0.15) is 0 Å². The summed E-state index contributed by atoms with van der Waals surface area (Å²) in [6.07, 6.45) is 1.55. The average molecular weight is 218 g/mol. The Morgan fingerprint density at radius 3 is 2.38 bits per heavy atom. The molecule has 0 saturated heterocycles. The van der Waals surface area contributed by atoms with Gasteiger partial charge < -0.3 is 14.3 Å². The van der Waals surface area contributed by atoms with Crippen LogP contribution in [-0.2, 0) is 5.60 Å². The Balaban J connectivity index is 2.35. The molecular weight excluding hydrogens is 204 g/mol. The molecule has 0 aliphatic heterocycles. The number of rotatable bonds is 3. The van der Waals surface area contributed by atoms with E-state index in [0.717, 1.165) is 11.3 Å². The smallest absolute Gasteiger partial charge is 0.144 e. The van der Waals surface area contributed by atoms with Crippen molar-refractivity contribution in [3.63, 3.8) is 0 Å². The normalized spacial score (nSPS) is 14.4. The fourth-order valence-corrected chi connectivity index (χ4v) is 1.61. The highest BCUT2D eigenvalue weighted by atomic mass is 16.5. The minimum absolute atomic E-state index is 0.526. The molecule has 84 valence electrons. The molecule has 16 heavy (non-hydrogen) atoms. The standard InChI is InChI=1S/C13H14O3/c1-13(14,12-4-3-9-16-12)10-5-7-11(15-2)8-6-10/h3-9,14H,1-2H3. The lowest BCUT2D eigenvalue weighted by atomic mass is 9.93. The molecule has 0 fully saturated rings. The zero-order valence-electron chi connectivity index (χ0n) is 9.31. The van der Waals surface area contributed by atoms with Crippen LogP contribution in [0.2, 0.25) is 0 Å². The van der Waals surface area contributed by atoms with E-state index in [-0.39, 0.29) is 0 Å². The first-order chi connectivity index (χ1) is 7.64. The molecule has 0 aliphatic rings. The van der Waals surface area contributed by atoms with Gasteiger partial charge in [-0.3, -0.25) is 0 Å². The first-order valence-corrected chi connectivity index (χ1v) is 5.05. The van der Waals surface area contributed by atoms with E-state index in [0.29, 0.717) is 5.76 Å². The lowest BCUT2D eigenvalue weighted by Gasteiger charge is -2.21. The quantitative estimate of drug-likeness (QED) is 0.860. The zero-order chi connectivity index (χ0) is 11.6. The number of ether oxygens (including phenoxy) is 1. The summed E-state index contributed by atoms with van der Waals surface area (Å²) >= 11 is 0. The number of methoxy groups -OCH3 is 1. The number of benzene rings is 1. The fraction of sp³-hybridized carbons (Fsp3) is 0.231. The van der Waals surface area contributed by atoms with Crippen LogP contribution in [0, 0.1) is 0 Å². The van der Waals surface area contributed by atoms with Crippen molar-refractivity contribution in [3.8, 4) is 5.75 Å². The van der Waals surface area contributed by atoms with E-state index in [9.17, 15) is 5.11 Å². The second-order valence-corrected chi connectivity index (χ2v) is 3.78. The molecule has 1 unspecified atom stereocenters. The van der Waals surface area contributed by atoms with Crippen LogP contribution >= 0.6 is 0 Å². The molecule has 0 spiro atoms. The first kappa shape index (κ1) is 10.8. The Morgan fingerprint density at radius 2 is 1.88 bits per heavy atom. The van der Waals surface area contributed by atoms with Crippen molar-refractivity contribution in [2.75, 3.05) is 7.11 Å². The third kappa shape index (κ3) is 1.82. The second-order valence-electron chi connectivity index (χ2n) is 3.78. The van der Waals surface area contributed by atoms with Gasteiger partial charge in [0.1, 0.15) is 17.1 Å². The molecule has 3 heteroatoms. The largest absolute Gasteiger partial charge is 0.497 e. The van der Waals surface area contributed by atoms with Crippen molar-refractivity contribution in [3.05, 3.63) is 54.0 Å². The van der Waals surface area contributed by atoms with Crippen LogP contribution in [0.1, 0.15) is 18.2 Å². The van der Waals surface area contributed by atoms with Gasteiger partial charge in [-0.25, -0.2) is 0 Å². The van der Waals surface area contributed by atoms with E-state index >= 15 is 0 Å². The zero-order valence-corrected chi connectivity index (χ0v) is 9.31. The number of hydrogen-bond acceptors (Lipinski definition) is 3. The maximum absolute atomic E-state index is 10.4. The van der Waals surface area contributed by atoms with Crippen molar-refractivity contribution < 1.29 is 14.3 Å². The summed E-state index contributed by atoms with van der Waals surface area (Å²) in [4.78, 5) is 0. The Kier molecular flexibility index (Phi) is 2.71. The van der Waals surface area contributed by atoms with E-state index in [1.54, 1.807) is 32.4 Å². The molecule has 2 aromatic rings. The third-order valence-electron chi connectivity index (χ3n) is 2.65. The molecule has 1 aromatic heterocycles. The van der Waals surface area contributed by atoms with Crippen LogP contribution in [0.15, 0.2) is 47.1 Å². The first-order valence-electron chi connectivity index (χ1n) is 5.05. The van der Waals surface area contributed by atoms with Crippen molar-refractivity contribution >= 4 is 0 Å². The molecule has 0 radical (unpaired) electrons. The van der Waals surface area contributed by atoms with Gasteiger partial charge in [0.25, 0.3) is 0 Å². The van der Waals surface area contributed by atoms with Gasteiger partial charge in [0.15, 0.2) is 0 Å². The van der Waals surface area contributed by atoms with E-state index in [1.807, 2.05) is 24.3 Å². The van der Waals surface area contributed by atoms with Gasteiger partial charge in [-0.1, -0.05) is 12.1 Å². The summed E-state index contributed by atoms with van der Waals surface area (Å²) in [6.45, 7) is 1.70. The predicted octanol–water partition coefficient (Wildman–Crippen LogP) is 2.54. The summed E-state index contributed by atoms with van der Waals surface area (Å²) in [5.41, 5.74) is -0.348. The Bertz CT molecular complexity index is 441. The van der Waals surface area contributed by atoms with Gasteiger partial charge >= 0.3 is 0 Å². The molecule has 1 N–H and O–H groups in total. The molecule has 0 saturated carbocycles. The highest BCUT2D eigenvalue weighted by molar-refractivity contribution is 5.34. The Hall–Kier alpha value is -1.74. The van der Waals surface area contributed by atoms with E-state index in [4.69, 9.17) is 9.15 Å². The van der Waals surface area contributed by atoms with Gasteiger partial charge in [0.2, 0.25) is 0 Å².